The van der Waals surface area contributed by atoms with E-state index < -0.39 is 11.2 Å². The van der Waals surface area contributed by atoms with E-state index in [1.807, 2.05) is 12.1 Å². The van der Waals surface area contributed by atoms with E-state index in [9.17, 15) is 9.59 Å². The fraction of sp³-hybridized carbons (Fsp3) is 0.231. The molecule has 0 bridgehead atoms. The molecule has 20 heavy (non-hydrogen) atoms. The van der Waals surface area contributed by atoms with Gasteiger partial charge in [-0.2, -0.15) is 0 Å². The second-order valence-corrected chi connectivity index (χ2v) is 4.71. The SMILES string of the molecule is CNc1c(NCc2ccc(Cl)cc2)c(=O)[nH]c(=O)n1C. The van der Waals surface area contributed by atoms with Gasteiger partial charge in [-0.15, -0.1) is 0 Å². The molecule has 106 valence electrons. The molecule has 0 saturated carbocycles. The van der Waals surface area contributed by atoms with E-state index in [-0.39, 0.29) is 0 Å². The minimum Gasteiger partial charge on any atom is -0.374 e. The molecule has 3 N–H and O–H groups in total. The van der Waals surface area contributed by atoms with Crippen molar-refractivity contribution in [1.82, 2.24) is 9.55 Å². The fourth-order valence-electron chi connectivity index (χ4n) is 1.87. The minimum absolute atomic E-state index is 0.324. The quantitative estimate of drug-likeness (QED) is 0.796. The lowest BCUT2D eigenvalue weighted by atomic mass is 10.2. The number of benzene rings is 1. The molecular formula is C13H15ClN4O2. The predicted molar refractivity (Wildman–Crippen MR) is 80.6 cm³/mol. The summed E-state index contributed by atoms with van der Waals surface area (Å²) in [4.78, 5) is 25.6. The van der Waals surface area contributed by atoms with Gasteiger partial charge < -0.3 is 10.6 Å². The molecule has 2 rings (SSSR count). The molecule has 0 aliphatic rings. The molecule has 0 aliphatic heterocycles. The number of hydrogen-bond acceptors (Lipinski definition) is 4. The van der Waals surface area contributed by atoms with Crippen LogP contribution in [-0.4, -0.2) is 16.6 Å². The number of aromatic nitrogens is 2. The zero-order valence-electron chi connectivity index (χ0n) is 11.2. The van der Waals surface area contributed by atoms with E-state index in [0.717, 1.165) is 5.56 Å². The zero-order valence-corrected chi connectivity index (χ0v) is 11.9. The van der Waals surface area contributed by atoms with Gasteiger partial charge in [0, 0.05) is 25.7 Å². The Morgan fingerprint density at radius 3 is 2.50 bits per heavy atom. The number of halogens is 1. The molecule has 1 aromatic carbocycles. The van der Waals surface area contributed by atoms with Crippen LogP contribution in [0.2, 0.25) is 5.02 Å². The van der Waals surface area contributed by atoms with E-state index in [1.54, 1.807) is 26.2 Å². The third kappa shape index (κ3) is 2.85. The van der Waals surface area contributed by atoms with Crippen LogP contribution in [0, 0.1) is 0 Å². The van der Waals surface area contributed by atoms with Gasteiger partial charge in [0.25, 0.3) is 5.56 Å². The van der Waals surface area contributed by atoms with Gasteiger partial charge in [-0.3, -0.25) is 14.3 Å². The summed E-state index contributed by atoms with van der Waals surface area (Å²) in [5.74, 6) is 0.438. The maximum atomic E-state index is 11.9. The summed E-state index contributed by atoms with van der Waals surface area (Å²) in [5.41, 5.74) is 0.386. The summed E-state index contributed by atoms with van der Waals surface area (Å²) < 4.78 is 1.34. The first-order valence-corrected chi connectivity index (χ1v) is 6.40. The number of nitrogens with one attached hydrogen (secondary N) is 3. The van der Waals surface area contributed by atoms with Gasteiger partial charge in [0.2, 0.25) is 0 Å². The van der Waals surface area contributed by atoms with Crippen LogP contribution in [0.1, 0.15) is 5.56 Å². The van der Waals surface area contributed by atoms with Gasteiger partial charge in [-0.1, -0.05) is 23.7 Å². The average Bonchev–Trinajstić information content (AvgIpc) is 2.43. The highest BCUT2D eigenvalue weighted by atomic mass is 35.5. The summed E-state index contributed by atoms with van der Waals surface area (Å²) in [6.07, 6.45) is 0. The van der Waals surface area contributed by atoms with Gasteiger partial charge in [-0.05, 0) is 17.7 Å². The first kappa shape index (κ1) is 14.2. The number of hydrogen-bond donors (Lipinski definition) is 3. The molecular weight excluding hydrogens is 280 g/mol. The monoisotopic (exact) mass is 294 g/mol. The standard InChI is InChI=1S/C13H15ClN4O2/c1-15-11-10(12(19)17-13(20)18(11)2)16-7-8-3-5-9(14)6-4-8/h3-6,15-16H,7H2,1-2H3,(H,17,19,20). The Morgan fingerprint density at radius 1 is 1.25 bits per heavy atom. The maximum Gasteiger partial charge on any atom is 0.329 e. The summed E-state index contributed by atoms with van der Waals surface area (Å²) in [5, 5.41) is 6.53. The number of anilines is 2. The van der Waals surface area contributed by atoms with Crippen LogP contribution in [-0.2, 0) is 13.6 Å². The molecule has 0 radical (unpaired) electrons. The smallest absolute Gasteiger partial charge is 0.329 e. The molecule has 0 atom stereocenters. The Labute approximate surface area is 120 Å². The first-order valence-electron chi connectivity index (χ1n) is 6.02. The van der Waals surface area contributed by atoms with Crippen molar-refractivity contribution in [2.45, 2.75) is 6.54 Å². The summed E-state index contributed by atoms with van der Waals surface area (Å²) >= 11 is 5.82. The molecule has 0 unspecified atom stereocenters. The van der Waals surface area contributed by atoms with Crippen LogP contribution in [0.3, 0.4) is 0 Å². The summed E-state index contributed by atoms with van der Waals surface area (Å²) in [6.45, 7) is 0.452. The Morgan fingerprint density at radius 2 is 1.90 bits per heavy atom. The van der Waals surface area contributed by atoms with Crippen LogP contribution in [0.5, 0.6) is 0 Å². The topological polar surface area (TPSA) is 78.9 Å². The van der Waals surface area contributed by atoms with E-state index in [4.69, 9.17) is 11.6 Å². The molecule has 0 spiro atoms. The highest BCUT2D eigenvalue weighted by Crippen LogP contribution is 2.15. The Bertz CT molecular complexity index is 719. The Kier molecular flexibility index (Phi) is 4.14. The van der Waals surface area contributed by atoms with Crippen molar-refractivity contribution in [3.8, 4) is 0 Å². The van der Waals surface area contributed by atoms with E-state index in [0.29, 0.717) is 23.1 Å². The minimum atomic E-state index is -0.462. The first-order chi connectivity index (χ1) is 9.52. The third-order valence-corrected chi connectivity index (χ3v) is 3.20. The van der Waals surface area contributed by atoms with E-state index >= 15 is 0 Å². The van der Waals surface area contributed by atoms with Crippen LogP contribution < -0.4 is 21.9 Å². The molecule has 1 aromatic heterocycles. The van der Waals surface area contributed by atoms with Gasteiger partial charge >= 0.3 is 5.69 Å². The van der Waals surface area contributed by atoms with Gasteiger partial charge in [0.05, 0.1) is 0 Å². The fourth-order valence-corrected chi connectivity index (χ4v) is 2.00. The van der Waals surface area contributed by atoms with Crippen molar-refractivity contribution in [1.29, 1.82) is 0 Å². The summed E-state index contributed by atoms with van der Waals surface area (Å²) in [7, 11) is 3.24. The Hall–Kier alpha value is -2.21. The average molecular weight is 295 g/mol. The lowest BCUT2D eigenvalue weighted by Crippen LogP contribution is -2.32. The van der Waals surface area contributed by atoms with Crippen molar-refractivity contribution in [3.05, 3.63) is 55.7 Å². The third-order valence-electron chi connectivity index (χ3n) is 2.94. The van der Waals surface area contributed by atoms with Crippen LogP contribution in [0.4, 0.5) is 11.5 Å². The molecule has 2 aromatic rings. The number of rotatable bonds is 4. The molecule has 0 fully saturated rings. The van der Waals surface area contributed by atoms with Crippen molar-refractivity contribution < 1.29 is 0 Å². The zero-order chi connectivity index (χ0) is 14.7. The molecule has 0 aliphatic carbocycles. The van der Waals surface area contributed by atoms with Gasteiger partial charge in [0.15, 0.2) is 0 Å². The van der Waals surface area contributed by atoms with Gasteiger partial charge in [0.1, 0.15) is 11.5 Å². The van der Waals surface area contributed by atoms with Crippen molar-refractivity contribution >= 4 is 23.1 Å². The normalized spacial score (nSPS) is 10.3. The van der Waals surface area contributed by atoms with Crippen molar-refractivity contribution in [2.24, 2.45) is 7.05 Å². The van der Waals surface area contributed by atoms with Crippen LogP contribution in [0.15, 0.2) is 33.9 Å². The second kappa shape index (κ2) is 5.83. The number of nitrogens with zero attached hydrogens (tertiary/aromatic N) is 1. The van der Waals surface area contributed by atoms with Crippen molar-refractivity contribution in [2.75, 3.05) is 17.7 Å². The maximum absolute atomic E-state index is 11.9. The molecule has 0 saturated heterocycles. The molecule has 0 amide bonds. The van der Waals surface area contributed by atoms with Crippen molar-refractivity contribution in [3.63, 3.8) is 0 Å². The number of aromatic amines is 1. The second-order valence-electron chi connectivity index (χ2n) is 4.27. The Balaban J connectivity index is 2.30. The summed E-state index contributed by atoms with van der Waals surface area (Å²) in [6, 6.07) is 7.29. The molecule has 1 heterocycles. The largest absolute Gasteiger partial charge is 0.374 e. The molecule has 7 heteroatoms. The highest BCUT2D eigenvalue weighted by Gasteiger charge is 2.11. The van der Waals surface area contributed by atoms with Crippen LogP contribution >= 0.6 is 11.6 Å². The lowest BCUT2D eigenvalue weighted by molar-refractivity contribution is 0.807. The van der Waals surface area contributed by atoms with E-state index in [1.165, 1.54) is 4.57 Å². The van der Waals surface area contributed by atoms with E-state index in [2.05, 4.69) is 15.6 Å². The van der Waals surface area contributed by atoms with Gasteiger partial charge in [-0.25, -0.2) is 4.79 Å². The number of H-pyrrole nitrogens is 1. The lowest BCUT2D eigenvalue weighted by Gasteiger charge is -2.13. The predicted octanol–water partition coefficient (Wildman–Crippen LogP) is 1.38. The van der Waals surface area contributed by atoms with Crippen LogP contribution in [0.25, 0.3) is 0 Å². The highest BCUT2D eigenvalue weighted by molar-refractivity contribution is 6.30. The molecule has 6 nitrogen and oxygen atoms in total.